The van der Waals surface area contributed by atoms with Crippen molar-refractivity contribution in [1.29, 1.82) is 0 Å². The Kier molecular flexibility index (Phi) is 5.94. The molecular weight excluding hydrogens is 276 g/mol. The predicted molar refractivity (Wildman–Crippen MR) is 66.9 cm³/mol. The van der Waals surface area contributed by atoms with E-state index < -0.39 is 29.0 Å². The first-order chi connectivity index (χ1) is 9.38. The van der Waals surface area contributed by atoms with Crippen LogP contribution in [0.25, 0.3) is 0 Å². The van der Waals surface area contributed by atoms with Crippen LogP contribution in [-0.2, 0) is 6.18 Å². The molecule has 2 N–H and O–H groups in total. The summed E-state index contributed by atoms with van der Waals surface area (Å²) in [6, 6.07) is 2.64. The first kappa shape index (κ1) is 16.4. The molecule has 0 spiro atoms. The minimum atomic E-state index is -4.82. The molecule has 112 valence electrons. The van der Waals surface area contributed by atoms with Crippen molar-refractivity contribution in [3.05, 3.63) is 35.1 Å². The van der Waals surface area contributed by atoms with E-state index in [1.165, 1.54) is 0 Å². The highest BCUT2D eigenvalue weighted by Gasteiger charge is 2.35. The summed E-state index contributed by atoms with van der Waals surface area (Å²) in [7, 11) is 0. The molecular formula is C13H16F4N2O. The first-order valence-corrected chi connectivity index (χ1v) is 6.22. The second-order valence-corrected chi connectivity index (χ2v) is 4.17. The molecule has 0 unspecified atom stereocenters. The lowest BCUT2D eigenvalue weighted by molar-refractivity contribution is -0.140. The number of nitrogens with one attached hydrogen (secondary N) is 2. The number of amides is 1. The van der Waals surface area contributed by atoms with E-state index in [0.717, 1.165) is 25.1 Å². The highest BCUT2D eigenvalue weighted by atomic mass is 19.4. The van der Waals surface area contributed by atoms with Crippen LogP contribution < -0.4 is 10.6 Å². The van der Waals surface area contributed by atoms with Crippen LogP contribution in [0.3, 0.4) is 0 Å². The van der Waals surface area contributed by atoms with Gasteiger partial charge in [0, 0.05) is 13.1 Å². The highest BCUT2D eigenvalue weighted by molar-refractivity contribution is 5.94. The Bertz CT molecular complexity index is 460. The van der Waals surface area contributed by atoms with Crippen LogP contribution in [0.4, 0.5) is 17.6 Å². The Morgan fingerprint density at radius 3 is 2.50 bits per heavy atom. The van der Waals surface area contributed by atoms with Crippen molar-refractivity contribution >= 4 is 5.91 Å². The maximum atomic E-state index is 13.7. The van der Waals surface area contributed by atoms with Crippen LogP contribution in [0.1, 0.15) is 29.3 Å². The predicted octanol–water partition coefficient (Wildman–Crippen LogP) is 2.57. The van der Waals surface area contributed by atoms with Crippen molar-refractivity contribution in [2.24, 2.45) is 0 Å². The minimum absolute atomic E-state index is 0.217. The molecule has 0 aliphatic carbocycles. The molecule has 0 saturated heterocycles. The third-order valence-corrected chi connectivity index (χ3v) is 2.56. The van der Waals surface area contributed by atoms with Gasteiger partial charge in [-0.1, -0.05) is 13.0 Å². The summed E-state index contributed by atoms with van der Waals surface area (Å²) in [6.45, 7) is 3.44. The number of carbonyl (C=O) groups is 1. The van der Waals surface area contributed by atoms with Crippen molar-refractivity contribution in [3.63, 3.8) is 0 Å². The van der Waals surface area contributed by atoms with Crippen LogP contribution in [0, 0.1) is 5.82 Å². The maximum absolute atomic E-state index is 13.7. The smallest absolute Gasteiger partial charge is 0.351 e. The van der Waals surface area contributed by atoms with E-state index in [-0.39, 0.29) is 6.54 Å². The Morgan fingerprint density at radius 1 is 1.20 bits per heavy atom. The average Bonchev–Trinajstić information content (AvgIpc) is 2.37. The lowest BCUT2D eigenvalue weighted by Crippen LogP contribution is -2.32. The molecule has 7 heteroatoms. The van der Waals surface area contributed by atoms with Gasteiger partial charge in [-0.05, 0) is 25.1 Å². The topological polar surface area (TPSA) is 41.1 Å². The number of hydrogen-bond acceptors (Lipinski definition) is 2. The molecule has 0 atom stereocenters. The number of halogens is 4. The molecule has 0 fully saturated rings. The Hall–Kier alpha value is -1.63. The molecule has 1 amide bonds. The highest BCUT2D eigenvalue weighted by Crippen LogP contribution is 2.32. The summed E-state index contributed by atoms with van der Waals surface area (Å²) in [5, 5.41) is 5.37. The zero-order valence-corrected chi connectivity index (χ0v) is 11.0. The van der Waals surface area contributed by atoms with Gasteiger partial charge in [0.05, 0.1) is 11.1 Å². The molecule has 0 aromatic heterocycles. The van der Waals surface area contributed by atoms with Gasteiger partial charge in [0.25, 0.3) is 5.91 Å². The van der Waals surface area contributed by atoms with Crippen molar-refractivity contribution in [2.45, 2.75) is 19.5 Å². The van der Waals surface area contributed by atoms with Crippen molar-refractivity contribution in [2.75, 3.05) is 19.6 Å². The summed E-state index contributed by atoms with van der Waals surface area (Å²) in [6.07, 6.45) is -3.89. The third-order valence-electron chi connectivity index (χ3n) is 2.56. The second kappa shape index (κ2) is 7.23. The summed E-state index contributed by atoms with van der Waals surface area (Å²) < 4.78 is 51.2. The molecule has 1 rings (SSSR count). The molecule has 0 heterocycles. The van der Waals surface area contributed by atoms with E-state index in [1.807, 2.05) is 6.92 Å². The third kappa shape index (κ3) is 4.48. The Morgan fingerprint density at radius 2 is 1.90 bits per heavy atom. The van der Waals surface area contributed by atoms with Crippen LogP contribution in [0.15, 0.2) is 18.2 Å². The number of rotatable bonds is 6. The molecule has 0 aliphatic rings. The quantitative estimate of drug-likeness (QED) is 0.625. The monoisotopic (exact) mass is 292 g/mol. The van der Waals surface area contributed by atoms with Gasteiger partial charge >= 0.3 is 6.18 Å². The van der Waals surface area contributed by atoms with Crippen molar-refractivity contribution in [1.82, 2.24) is 10.6 Å². The number of carbonyl (C=O) groups excluding carboxylic acids is 1. The maximum Gasteiger partial charge on any atom is 0.419 e. The number of hydrogen-bond donors (Lipinski definition) is 2. The lowest BCUT2D eigenvalue weighted by atomic mass is 10.1. The summed E-state index contributed by atoms with van der Waals surface area (Å²) in [4.78, 5) is 11.6. The molecule has 1 aromatic carbocycles. The van der Waals surface area contributed by atoms with Gasteiger partial charge in [-0.3, -0.25) is 4.79 Å². The van der Waals surface area contributed by atoms with E-state index in [9.17, 15) is 22.4 Å². The molecule has 3 nitrogen and oxygen atoms in total. The van der Waals surface area contributed by atoms with Gasteiger partial charge in [-0.25, -0.2) is 4.39 Å². The number of benzene rings is 1. The SMILES string of the molecule is CCCNCCNC(=O)c1cccc(C(F)(F)F)c1F. The molecule has 0 radical (unpaired) electrons. The molecule has 0 saturated carbocycles. The summed E-state index contributed by atoms with van der Waals surface area (Å²) in [5.74, 6) is -2.40. The Balaban J connectivity index is 2.69. The van der Waals surface area contributed by atoms with Crippen LogP contribution in [0.5, 0.6) is 0 Å². The fraction of sp³-hybridized carbons (Fsp3) is 0.462. The number of alkyl halides is 3. The lowest BCUT2D eigenvalue weighted by Gasteiger charge is -2.11. The molecule has 1 aromatic rings. The van der Waals surface area contributed by atoms with Gasteiger partial charge in [-0.15, -0.1) is 0 Å². The van der Waals surface area contributed by atoms with Gasteiger partial charge in [0.15, 0.2) is 0 Å². The van der Waals surface area contributed by atoms with Gasteiger partial charge < -0.3 is 10.6 Å². The summed E-state index contributed by atoms with van der Waals surface area (Å²) in [5.41, 5.74) is -2.04. The molecule has 0 aliphatic heterocycles. The van der Waals surface area contributed by atoms with E-state index >= 15 is 0 Å². The van der Waals surface area contributed by atoms with Gasteiger partial charge in [-0.2, -0.15) is 13.2 Å². The zero-order valence-electron chi connectivity index (χ0n) is 11.0. The van der Waals surface area contributed by atoms with Crippen LogP contribution >= 0.6 is 0 Å². The van der Waals surface area contributed by atoms with E-state index in [0.29, 0.717) is 12.6 Å². The normalized spacial score (nSPS) is 11.4. The van der Waals surface area contributed by atoms with Crippen LogP contribution in [0.2, 0.25) is 0 Å². The van der Waals surface area contributed by atoms with Crippen molar-refractivity contribution in [3.8, 4) is 0 Å². The van der Waals surface area contributed by atoms with E-state index in [2.05, 4.69) is 10.6 Å². The molecule has 0 bridgehead atoms. The Labute approximate surface area is 114 Å². The van der Waals surface area contributed by atoms with Gasteiger partial charge in [0.2, 0.25) is 0 Å². The standard InChI is InChI=1S/C13H16F4N2O/c1-2-6-18-7-8-19-12(20)9-4-3-5-10(11(9)14)13(15,16)17/h3-5,18H,2,6-8H2,1H3,(H,19,20). The molecule has 20 heavy (non-hydrogen) atoms. The van der Waals surface area contributed by atoms with E-state index in [4.69, 9.17) is 0 Å². The largest absolute Gasteiger partial charge is 0.419 e. The van der Waals surface area contributed by atoms with E-state index in [1.54, 1.807) is 0 Å². The fourth-order valence-electron chi connectivity index (χ4n) is 1.59. The summed E-state index contributed by atoms with van der Waals surface area (Å²) >= 11 is 0. The first-order valence-electron chi connectivity index (χ1n) is 6.22. The van der Waals surface area contributed by atoms with Crippen molar-refractivity contribution < 1.29 is 22.4 Å². The zero-order chi connectivity index (χ0) is 15.2. The average molecular weight is 292 g/mol. The minimum Gasteiger partial charge on any atom is -0.351 e. The van der Waals surface area contributed by atoms with Gasteiger partial charge in [0.1, 0.15) is 5.82 Å². The van der Waals surface area contributed by atoms with Crippen LogP contribution in [-0.4, -0.2) is 25.5 Å². The fourth-order valence-corrected chi connectivity index (χ4v) is 1.59. The second-order valence-electron chi connectivity index (χ2n) is 4.17.